The van der Waals surface area contributed by atoms with Crippen molar-refractivity contribution in [3.8, 4) is 11.3 Å². The van der Waals surface area contributed by atoms with Crippen LogP contribution in [0.5, 0.6) is 0 Å². The predicted octanol–water partition coefficient (Wildman–Crippen LogP) is 1.68. The Kier molecular flexibility index (Phi) is 4.00. The third-order valence-corrected chi connectivity index (χ3v) is 4.95. The van der Waals surface area contributed by atoms with Gasteiger partial charge in [0, 0.05) is 49.0 Å². The van der Waals surface area contributed by atoms with E-state index in [0.717, 1.165) is 41.6 Å². The molecule has 0 aliphatic carbocycles. The highest BCUT2D eigenvalue weighted by Gasteiger charge is 2.16. The molecule has 7 heteroatoms. The average molecular weight is 351 g/mol. The molecule has 3 aromatic rings. The van der Waals surface area contributed by atoms with E-state index in [1.165, 1.54) is 11.9 Å². The van der Waals surface area contributed by atoms with E-state index in [0.29, 0.717) is 11.3 Å². The Hall–Kier alpha value is -3.06. The number of fused-ring (bicyclic) bond motifs is 1. The summed E-state index contributed by atoms with van der Waals surface area (Å²) >= 11 is 0. The fourth-order valence-electron chi connectivity index (χ4n) is 3.40. The molecule has 1 aliphatic heterocycles. The molecule has 1 fully saturated rings. The number of hydrogen-bond acceptors (Lipinski definition) is 4. The average Bonchev–Trinajstić information content (AvgIpc) is 3.05. The molecule has 1 aromatic carbocycles. The van der Waals surface area contributed by atoms with Crippen molar-refractivity contribution in [1.29, 1.82) is 0 Å². The van der Waals surface area contributed by atoms with Crippen LogP contribution in [-0.2, 0) is 0 Å². The van der Waals surface area contributed by atoms with E-state index in [2.05, 4.69) is 34.0 Å². The molecule has 0 atom stereocenters. The van der Waals surface area contributed by atoms with Gasteiger partial charge in [-0.3, -0.25) is 4.79 Å². The van der Waals surface area contributed by atoms with Crippen molar-refractivity contribution in [3.63, 3.8) is 0 Å². The third-order valence-electron chi connectivity index (χ3n) is 4.95. The minimum atomic E-state index is -0.787. The third kappa shape index (κ3) is 2.86. The number of benzene rings is 1. The maximum Gasteiger partial charge on any atom is 0.325 e. The number of primary amides is 1. The molecule has 0 spiro atoms. The molecular weight excluding hydrogens is 330 g/mol. The van der Waals surface area contributed by atoms with Crippen molar-refractivity contribution in [2.75, 3.05) is 38.1 Å². The smallest absolute Gasteiger partial charge is 0.325 e. The molecule has 1 saturated heterocycles. The number of anilines is 1. The van der Waals surface area contributed by atoms with Gasteiger partial charge in [-0.15, -0.1) is 0 Å². The standard InChI is InChI=1S/C19H21N5O2/c1-22-7-9-23(10-8-22)14-4-5-16-13(11-14)12-17(21-16)15-3-2-6-24(18(15)25)19(20)26/h2-6,11-12,21H,7-10H2,1H3,(H2,20,26). The molecule has 7 nitrogen and oxygen atoms in total. The van der Waals surface area contributed by atoms with Crippen molar-refractivity contribution in [1.82, 2.24) is 14.5 Å². The Bertz CT molecular complexity index is 1030. The van der Waals surface area contributed by atoms with Gasteiger partial charge in [0.1, 0.15) is 0 Å². The first-order valence-electron chi connectivity index (χ1n) is 8.61. The molecule has 0 unspecified atom stereocenters. The fourth-order valence-corrected chi connectivity index (χ4v) is 3.40. The number of hydrogen-bond donors (Lipinski definition) is 2. The Morgan fingerprint density at radius 1 is 1.12 bits per heavy atom. The van der Waals surface area contributed by atoms with Gasteiger partial charge in [0.15, 0.2) is 0 Å². The Morgan fingerprint density at radius 3 is 2.62 bits per heavy atom. The van der Waals surface area contributed by atoms with Crippen molar-refractivity contribution in [2.24, 2.45) is 5.73 Å². The summed E-state index contributed by atoms with van der Waals surface area (Å²) in [6.07, 6.45) is 1.38. The monoisotopic (exact) mass is 351 g/mol. The van der Waals surface area contributed by atoms with Gasteiger partial charge in [0.2, 0.25) is 0 Å². The molecule has 0 saturated carbocycles. The van der Waals surface area contributed by atoms with Crippen LogP contribution in [0, 0.1) is 0 Å². The van der Waals surface area contributed by atoms with Crippen LogP contribution < -0.4 is 16.2 Å². The molecule has 134 valence electrons. The lowest BCUT2D eigenvalue weighted by Crippen LogP contribution is -2.44. The van der Waals surface area contributed by atoms with Gasteiger partial charge in [-0.05, 0) is 43.4 Å². The van der Waals surface area contributed by atoms with Crippen LogP contribution in [-0.4, -0.2) is 53.7 Å². The first kappa shape index (κ1) is 16.4. The zero-order valence-electron chi connectivity index (χ0n) is 14.6. The molecule has 3 heterocycles. The Balaban J connectivity index is 1.72. The molecule has 4 rings (SSSR count). The first-order valence-corrected chi connectivity index (χ1v) is 8.61. The number of carbonyl (C=O) groups excluding carboxylic acids is 1. The van der Waals surface area contributed by atoms with Gasteiger partial charge >= 0.3 is 6.03 Å². The number of likely N-dealkylation sites (N-methyl/N-ethyl adjacent to an activating group) is 1. The molecule has 2 aromatic heterocycles. The maximum absolute atomic E-state index is 12.5. The van der Waals surface area contributed by atoms with Gasteiger partial charge in [-0.1, -0.05) is 0 Å². The van der Waals surface area contributed by atoms with E-state index in [-0.39, 0.29) is 0 Å². The second kappa shape index (κ2) is 6.34. The van der Waals surface area contributed by atoms with Gasteiger partial charge in [-0.2, -0.15) is 0 Å². The topological polar surface area (TPSA) is 87.4 Å². The summed E-state index contributed by atoms with van der Waals surface area (Å²) < 4.78 is 0.913. The number of nitrogens with one attached hydrogen (secondary N) is 1. The summed E-state index contributed by atoms with van der Waals surface area (Å²) in [5.41, 5.74) is 8.06. The summed E-state index contributed by atoms with van der Waals surface area (Å²) in [4.78, 5) is 31.8. The highest BCUT2D eigenvalue weighted by atomic mass is 16.2. The van der Waals surface area contributed by atoms with Gasteiger partial charge in [-0.25, -0.2) is 9.36 Å². The van der Waals surface area contributed by atoms with E-state index in [1.807, 2.05) is 12.1 Å². The number of nitrogens with zero attached hydrogens (tertiary/aromatic N) is 3. The van der Waals surface area contributed by atoms with E-state index >= 15 is 0 Å². The molecule has 0 radical (unpaired) electrons. The molecule has 26 heavy (non-hydrogen) atoms. The number of H-pyrrole nitrogens is 1. The lowest BCUT2D eigenvalue weighted by Gasteiger charge is -2.34. The normalized spacial score (nSPS) is 15.5. The fraction of sp³-hybridized carbons (Fsp3) is 0.263. The molecule has 3 N–H and O–H groups in total. The van der Waals surface area contributed by atoms with E-state index < -0.39 is 11.6 Å². The maximum atomic E-state index is 12.5. The van der Waals surface area contributed by atoms with Crippen LogP contribution in [0.3, 0.4) is 0 Å². The zero-order chi connectivity index (χ0) is 18.3. The summed E-state index contributed by atoms with van der Waals surface area (Å²) in [7, 11) is 2.14. The van der Waals surface area contributed by atoms with Crippen molar-refractivity contribution < 1.29 is 4.79 Å². The second-order valence-electron chi connectivity index (χ2n) is 6.68. The molecule has 1 amide bonds. The summed E-state index contributed by atoms with van der Waals surface area (Å²) in [5, 5.41) is 1.03. The number of piperazine rings is 1. The second-order valence-corrected chi connectivity index (χ2v) is 6.68. The minimum Gasteiger partial charge on any atom is -0.369 e. The zero-order valence-corrected chi connectivity index (χ0v) is 14.6. The van der Waals surface area contributed by atoms with E-state index in [4.69, 9.17) is 5.73 Å². The van der Waals surface area contributed by atoms with Gasteiger partial charge < -0.3 is 20.5 Å². The molecule has 1 aliphatic rings. The van der Waals surface area contributed by atoms with E-state index in [1.54, 1.807) is 12.1 Å². The summed E-state index contributed by atoms with van der Waals surface area (Å²) in [6, 6.07) is 10.7. The number of aromatic amines is 1. The number of amides is 1. The van der Waals surface area contributed by atoms with Crippen LogP contribution in [0.25, 0.3) is 22.2 Å². The highest BCUT2D eigenvalue weighted by molar-refractivity contribution is 5.88. The number of nitrogens with two attached hydrogens (primary N) is 1. The van der Waals surface area contributed by atoms with Crippen LogP contribution in [0.2, 0.25) is 0 Å². The molecular formula is C19H21N5O2. The number of aromatic nitrogens is 2. The van der Waals surface area contributed by atoms with Crippen molar-refractivity contribution in [2.45, 2.75) is 0 Å². The SMILES string of the molecule is CN1CCN(c2ccc3[nH]c(-c4cccn(C(N)=O)c4=O)cc3c2)CC1. The van der Waals surface area contributed by atoms with Crippen LogP contribution >= 0.6 is 0 Å². The lowest BCUT2D eigenvalue weighted by atomic mass is 10.1. The Labute approximate surface area is 150 Å². The Morgan fingerprint density at radius 2 is 1.88 bits per heavy atom. The van der Waals surface area contributed by atoms with E-state index in [9.17, 15) is 9.59 Å². The molecule has 0 bridgehead atoms. The van der Waals surface area contributed by atoms with Gasteiger partial charge in [0.25, 0.3) is 5.56 Å². The van der Waals surface area contributed by atoms with Crippen molar-refractivity contribution in [3.05, 3.63) is 52.9 Å². The summed E-state index contributed by atoms with van der Waals surface area (Å²) in [6.45, 7) is 4.10. The first-order chi connectivity index (χ1) is 12.5. The highest BCUT2D eigenvalue weighted by Crippen LogP contribution is 2.27. The minimum absolute atomic E-state index is 0.420. The largest absolute Gasteiger partial charge is 0.369 e. The van der Waals surface area contributed by atoms with Crippen LogP contribution in [0.15, 0.2) is 47.4 Å². The quantitative estimate of drug-likeness (QED) is 0.735. The number of rotatable bonds is 2. The van der Waals surface area contributed by atoms with Crippen LogP contribution in [0.1, 0.15) is 0 Å². The number of carbonyl (C=O) groups is 1. The van der Waals surface area contributed by atoms with Gasteiger partial charge in [0.05, 0.1) is 11.3 Å². The lowest BCUT2D eigenvalue weighted by molar-refractivity contribution is 0.249. The van der Waals surface area contributed by atoms with Crippen LogP contribution in [0.4, 0.5) is 10.5 Å². The number of pyridine rings is 1. The summed E-state index contributed by atoms with van der Waals surface area (Å²) in [5.74, 6) is 0. The van der Waals surface area contributed by atoms with Crippen molar-refractivity contribution >= 4 is 22.6 Å². The predicted molar refractivity (Wildman–Crippen MR) is 103 cm³/mol.